The van der Waals surface area contributed by atoms with Crippen LogP contribution in [0.2, 0.25) is 0 Å². The molecule has 17 heavy (non-hydrogen) atoms. The number of hydrogen-bond acceptors (Lipinski definition) is 2. The molecule has 0 radical (unpaired) electrons. The molecule has 1 aliphatic heterocycles. The molecule has 1 saturated heterocycles. The monoisotopic (exact) mass is 233 g/mol. The Morgan fingerprint density at radius 2 is 1.94 bits per heavy atom. The molecule has 0 aliphatic carbocycles. The van der Waals surface area contributed by atoms with Gasteiger partial charge >= 0.3 is 0 Å². The van der Waals surface area contributed by atoms with Crippen LogP contribution in [0, 0.1) is 0 Å². The molecule has 1 aliphatic rings. The predicted molar refractivity (Wildman–Crippen MR) is 67.0 cm³/mol. The molecular weight excluding hydrogens is 214 g/mol. The maximum atomic E-state index is 12.2. The molecule has 1 heterocycles. The average Bonchev–Trinajstić information content (AvgIpc) is 2.90. The van der Waals surface area contributed by atoms with E-state index >= 15 is 0 Å². The van der Waals surface area contributed by atoms with Crippen molar-refractivity contribution in [1.29, 1.82) is 0 Å². The van der Waals surface area contributed by atoms with E-state index in [1.807, 2.05) is 42.2 Å². The van der Waals surface area contributed by atoms with Gasteiger partial charge in [-0.25, -0.2) is 0 Å². The first-order chi connectivity index (χ1) is 8.31. The predicted octanol–water partition coefficient (Wildman–Crippen LogP) is 2.47. The summed E-state index contributed by atoms with van der Waals surface area (Å²) in [4.78, 5) is 14.1. The zero-order valence-corrected chi connectivity index (χ0v) is 10.3. The van der Waals surface area contributed by atoms with E-state index in [4.69, 9.17) is 4.74 Å². The summed E-state index contributed by atoms with van der Waals surface area (Å²) < 4.78 is 5.75. The Morgan fingerprint density at radius 1 is 1.29 bits per heavy atom. The second-order valence-corrected chi connectivity index (χ2v) is 4.36. The number of carbonyl (C=O) groups excluding carboxylic acids is 1. The van der Waals surface area contributed by atoms with Crippen LogP contribution in [0.1, 0.15) is 26.2 Å². The van der Waals surface area contributed by atoms with E-state index in [9.17, 15) is 4.79 Å². The van der Waals surface area contributed by atoms with Gasteiger partial charge in [-0.2, -0.15) is 0 Å². The van der Waals surface area contributed by atoms with Crippen molar-refractivity contribution in [3.63, 3.8) is 0 Å². The van der Waals surface area contributed by atoms with Gasteiger partial charge in [-0.3, -0.25) is 4.79 Å². The van der Waals surface area contributed by atoms with Crippen LogP contribution in [-0.2, 0) is 4.79 Å². The fraction of sp³-hybridized carbons (Fsp3) is 0.500. The van der Waals surface area contributed by atoms with Crippen molar-refractivity contribution in [2.24, 2.45) is 0 Å². The molecule has 0 bridgehead atoms. The summed E-state index contributed by atoms with van der Waals surface area (Å²) in [5.74, 6) is 0.903. The van der Waals surface area contributed by atoms with Crippen LogP contribution >= 0.6 is 0 Å². The van der Waals surface area contributed by atoms with Crippen LogP contribution in [0.5, 0.6) is 5.75 Å². The summed E-state index contributed by atoms with van der Waals surface area (Å²) in [5.41, 5.74) is 0. The molecule has 3 nitrogen and oxygen atoms in total. The smallest absolute Gasteiger partial charge is 0.263 e. The third-order valence-electron chi connectivity index (χ3n) is 3.09. The molecule has 1 aromatic carbocycles. The number of rotatable bonds is 4. The fourth-order valence-electron chi connectivity index (χ4n) is 2.11. The molecule has 1 atom stereocenters. The van der Waals surface area contributed by atoms with Gasteiger partial charge in [0.2, 0.25) is 0 Å². The highest BCUT2D eigenvalue weighted by Gasteiger charge is 2.26. The van der Waals surface area contributed by atoms with E-state index in [0.717, 1.165) is 31.7 Å². The van der Waals surface area contributed by atoms with E-state index < -0.39 is 0 Å². The molecule has 1 fully saturated rings. The molecule has 0 unspecified atom stereocenters. The van der Waals surface area contributed by atoms with E-state index in [1.54, 1.807) is 0 Å². The van der Waals surface area contributed by atoms with Crippen LogP contribution in [0.15, 0.2) is 30.3 Å². The standard InChI is InChI=1S/C14H19NO2/c1-2-13(14(16)15-10-6-7-11-15)17-12-8-4-3-5-9-12/h3-5,8-9,13H,2,6-7,10-11H2,1H3/t13-/m1/s1. The van der Waals surface area contributed by atoms with E-state index in [0.29, 0.717) is 6.42 Å². The Hall–Kier alpha value is -1.51. The molecule has 0 N–H and O–H groups in total. The molecule has 3 heteroatoms. The van der Waals surface area contributed by atoms with Crippen molar-refractivity contribution < 1.29 is 9.53 Å². The van der Waals surface area contributed by atoms with Gasteiger partial charge in [-0.05, 0) is 31.4 Å². The van der Waals surface area contributed by atoms with Crippen LogP contribution in [-0.4, -0.2) is 30.0 Å². The Morgan fingerprint density at radius 3 is 2.53 bits per heavy atom. The SMILES string of the molecule is CC[C@@H](Oc1ccccc1)C(=O)N1CCCC1. The highest BCUT2D eigenvalue weighted by molar-refractivity contribution is 5.81. The molecule has 0 spiro atoms. The Balaban J connectivity index is 1.98. The first-order valence-electron chi connectivity index (χ1n) is 6.31. The minimum atomic E-state index is -0.338. The van der Waals surface area contributed by atoms with E-state index in [-0.39, 0.29) is 12.0 Å². The Bertz CT molecular complexity index is 358. The van der Waals surface area contributed by atoms with Crippen LogP contribution in [0.3, 0.4) is 0 Å². The highest BCUT2D eigenvalue weighted by Crippen LogP contribution is 2.16. The van der Waals surface area contributed by atoms with Gasteiger partial charge in [-0.1, -0.05) is 25.1 Å². The van der Waals surface area contributed by atoms with Gasteiger partial charge in [0, 0.05) is 13.1 Å². The molecule has 2 rings (SSSR count). The lowest BCUT2D eigenvalue weighted by Crippen LogP contribution is -2.40. The van der Waals surface area contributed by atoms with Gasteiger partial charge in [0.25, 0.3) is 5.91 Å². The van der Waals surface area contributed by atoms with Crippen molar-refractivity contribution >= 4 is 5.91 Å². The maximum absolute atomic E-state index is 12.2. The number of hydrogen-bond donors (Lipinski definition) is 0. The summed E-state index contributed by atoms with van der Waals surface area (Å²) >= 11 is 0. The lowest BCUT2D eigenvalue weighted by atomic mass is 10.2. The van der Waals surface area contributed by atoms with Crippen molar-refractivity contribution in [3.8, 4) is 5.75 Å². The number of amides is 1. The number of para-hydroxylation sites is 1. The Labute approximate surface area is 102 Å². The molecule has 1 amide bonds. The normalized spacial score (nSPS) is 16.9. The van der Waals surface area contributed by atoms with Crippen LogP contribution in [0.25, 0.3) is 0 Å². The Kier molecular flexibility index (Phi) is 4.02. The third kappa shape index (κ3) is 2.99. The number of likely N-dealkylation sites (tertiary alicyclic amines) is 1. The molecular formula is C14H19NO2. The average molecular weight is 233 g/mol. The quantitative estimate of drug-likeness (QED) is 0.799. The highest BCUT2D eigenvalue weighted by atomic mass is 16.5. The van der Waals surface area contributed by atoms with Crippen molar-refractivity contribution in [2.75, 3.05) is 13.1 Å². The number of carbonyl (C=O) groups is 1. The summed E-state index contributed by atoms with van der Waals surface area (Å²) in [5, 5.41) is 0. The summed E-state index contributed by atoms with van der Waals surface area (Å²) in [7, 11) is 0. The van der Waals surface area contributed by atoms with Crippen molar-refractivity contribution in [2.45, 2.75) is 32.3 Å². The van der Waals surface area contributed by atoms with Gasteiger partial charge in [-0.15, -0.1) is 0 Å². The molecule has 92 valence electrons. The van der Waals surface area contributed by atoms with Crippen LogP contribution in [0.4, 0.5) is 0 Å². The minimum absolute atomic E-state index is 0.133. The third-order valence-corrected chi connectivity index (χ3v) is 3.09. The van der Waals surface area contributed by atoms with Gasteiger partial charge < -0.3 is 9.64 Å². The van der Waals surface area contributed by atoms with Gasteiger partial charge in [0.05, 0.1) is 0 Å². The van der Waals surface area contributed by atoms with E-state index in [2.05, 4.69) is 0 Å². The fourth-order valence-corrected chi connectivity index (χ4v) is 2.11. The van der Waals surface area contributed by atoms with Gasteiger partial charge in [0.1, 0.15) is 5.75 Å². The number of benzene rings is 1. The second-order valence-electron chi connectivity index (χ2n) is 4.36. The van der Waals surface area contributed by atoms with Gasteiger partial charge in [0.15, 0.2) is 6.10 Å². The van der Waals surface area contributed by atoms with Crippen LogP contribution < -0.4 is 4.74 Å². The summed E-state index contributed by atoms with van der Waals surface area (Å²) in [6.45, 7) is 3.75. The largest absolute Gasteiger partial charge is 0.481 e. The maximum Gasteiger partial charge on any atom is 0.263 e. The molecule has 0 saturated carbocycles. The summed E-state index contributed by atoms with van der Waals surface area (Å²) in [6.07, 6.45) is 2.61. The first-order valence-corrected chi connectivity index (χ1v) is 6.31. The lowest BCUT2D eigenvalue weighted by molar-refractivity contribution is -0.137. The van der Waals surface area contributed by atoms with E-state index in [1.165, 1.54) is 0 Å². The zero-order valence-electron chi connectivity index (χ0n) is 10.3. The second kappa shape index (κ2) is 5.71. The topological polar surface area (TPSA) is 29.5 Å². The first kappa shape index (κ1) is 12.0. The summed E-state index contributed by atoms with van der Waals surface area (Å²) in [6, 6.07) is 9.56. The lowest BCUT2D eigenvalue weighted by Gasteiger charge is -2.23. The molecule has 0 aromatic heterocycles. The number of nitrogens with zero attached hydrogens (tertiary/aromatic N) is 1. The number of ether oxygens (including phenoxy) is 1. The molecule has 1 aromatic rings. The minimum Gasteiger partial charge on any atom is -0.481 e. The van der Waals surface area contributed by atoms with Crippen molar-refractivity contribution in [3.05, 3.63) is 30.3 Å². The zero-order chi connectivity index (χ0) is 12.1. The van der Waals surface area contributed by atoms with Crippen molar-refractivity contribution in [1.82, 2.24) is 4.90 Å².